The van der Waals surface area contributed by atoms with E-state index in [0.717, 1.165) is 11.8 Å². The van der Waals surface area contributed by atoms with Crippen LogP contribution in [0.4, 0.5) is 11.4 Å². The molecule has 2 amide bonds. The Bertz CT molecular complexity index is 1650. The number of hydrogen-bond donors (Lipinski definition) is 3. The number of nitrogen functional groups attached to an aromatic ring is 1. The molecule has 0 spiro atoms. The molecule has 0 saturated carbocycles. The molecule has 0 aliphatic heterocycles. The smallest absolute Gasteiger partial charge is 0.258 e. The highest BCUT2D eigenvalue weighted by molar-refractivity contribution is 7.92. The van der Waals surface area contributed by atoms with Crippen LogP contribution in [0, 0.1) is 0 Å². The van der Waals surface area contributed by atoms with Crippen LogP contribution in [0.2, 0.25) is 5.02 Å². The average molecular weight is 608 g/mol. The second-order valence-corrected chi connectivity index (χ2v) is 11.7. The van der Waals surface area contributed by atoms with Crippen molar-refractivity contribution in [3.8, 4) is 5.75 Å². The number of ether oxygens (including phenoxy) is 1. The van der Waals surface area contributed by atoms with Gasteiger partial charge in [-0.2, -0.15) is 0 Å². The fourth-order valence-electron chi connectivity index (χ4n) is 4.01. The summed E-state index contributed by atoms with van der Waals surface area (Å²) in [6.07, 6.45) is 2.74. The summed E-state index contributed by atoms with van der Waals surface area (Å²) in [6, 6.07) is 23.8. The number of hydrogen-bond acceptors (Lipinski definition) is 7. The average Bonchev–Trinajstić information content (AvgIpc) is 2.97. The van der Waals surface area contributed by atoms with Crippen molar-refractivity contribution in [3.05, 3.63) is 119 Å². The number of benzene rings is 3. The Labute approximate surface area is 249 Å². The summed E-state index contributed by atoms with van der Waals surface area (Å²) in [5, 5.41) is 5.73. The van der Waals surface area contributed by atoms with Crippen molar-refractivity contribution in [2.75, 3.05) is 22.9 Å². The molecule has 10 nitrogen and oxygen atoms in total. The molecule has 0 unspecified atom stereocenters. The Balaban J connectivity index is 1.43. The number of nitrogens with one attached hydrogen (secondary N) is 2. The number of rotatable bonds is 12. The van der Waals surface area contributed by atoms with Gasteiger partial charge in [0.25, 0.3) is 11.8 Å². The molecule has 4 aromatic rings. The minimum atomic E-state index is -3.70. The van der Waals surface area contributed by atoms with E-state index in [2.05, 4.69) is 15.6 Å². The van der Waals surface area contributed by atoms with Gasteiger partial charge in [0, 0.05) is 40.6 Å². The normalized spacial score (nSPS) is 11.0. The molecule has 3 aromatic carbocycles. The van der Waals surface area contributed by atoms with Crippen LogP contribution < -0.4 is 25.4 Å². The van der Waals surface area contributed by atoms with Crippen molar-refractivity contribution in [2.24, 2.45) is 0 Å². The molecule has 0 bridgehead atoms. The highest BCUT2D eigenvalue weighted by Gasteiger charge is 2.21. The van der Waals surface area contributed by atoms with E-state index in [1.807, 2.05) is 36.4 Å². The van der Waals surface area contributed by atoms with Crippen LogP contribution >= 0.6 is 11.6 Å². The van der Waals surface area contributed by atoms with Gasteiger partial charge in [0.15, 0.2) is 6.61 Å². The maximum atomic E-state index is 13.1. The Kier molecular flexibility index (Phi) is 10.00. The van der Waals surface area contributed by atoms with Gasteiger partial charge in [-0.1, -0.05) is 54.1 Å². The van der Waals surface area contributed by atoms with E-state index in [-0.39, 0.29) is 48.4 Å². The standard InChI is InChI=1S/C30H30ClN5O5S/c1-42(39,40)36(19-21-7-3-2-4-8-21)27-14-23(13-24(31)15-27)30(38)35-17-22-10-11-25(32)16-28(22)41-20-29(37)34-18-26-9-5-6-12-33-26/h2-16H,17-20,32H2,1H3,(H,34,37)(H,35,38). The number of nitrogens with two attached hydrogens (primary N) is 1. The van der Waals surface area contributed by atoms with Crippen molar-refractivity contribution in [2.45, 2.75) is 19.6 Å². The summed E-state index contributed by atoms with van der Waals surface area (Å²) in [5.41, 5.74) is 8.84. The Hall–Kier alpha value is -4.61. The van der Waals surface area contributed by atoms with Crippen molar-refractivity contribution in [3.63, 3.8) is 0 Å². The number of anilines is 2. The number of carbonyl (C=O) groups is 2. The molecule has 42 heavy (non-hydrogen) atoms. The second-order valence-electron chi connectivity index (χ2n) is 9.39. The molecular formula is C30H30ClN5O5S. The van der Waals surface area contributed by atoms with Crippen LogP contribution in [0.5, 0.6) is 5.75 Å². The van der Waals surface area contributed by atoms with Crippen LogP contribution in [0.1, 0.15) is 27.2 Å². The topological polar surface area (TPSA) is 144 Å². The quantitative estimate of drug-likeness (QED) is 0.207. The zero-order valence-electron chi connectivity index (χ0n) is 22.8. The van der Waals surface area contributed by atoms with Gasteiger partial charge in [-0.25, -0.2) is 8.42 Å². The lowest BCUT2D eigenvalue weighted by Gasteiger charge is -2.23. The Morgan fingerprint density at radius 3 is 2.43 bits per heavy atom. The molecule has 12 heteroatoms. The van der Waals surface area contributed by atoms with Gasteiger partial charge in [-0.15, -0.1) is 0 Å². The summed E-state index contributed by atoms with van der Waals surface area (Å²) in [7, 11) is -3.70. The number of carbonyl (C=O) groups excluding carboxylic acids is 2. The molecule has 0 radical (unpaired) electrons. The predicted molar refractivity (Wildman–Crippen MR) is 163 cm³/mol. The van der Waals surface area contributed by atoms with Crippen molar-refractivity contribution in [1.29, 1.82) is 0 Å². The minimum absolute atomic E-state index is 0.0473. The number of aromatic nitrogens is 1. The lowest BCUT2D eigenvalue weighted by atomic mass is 10.1. The number of halogens is 1. The maximum Gasteiger partial charge on any atom is 0.258 e. The SMILES string of the molecule is CS(=O)(=O)N(Cc1ccccc1)c1cc(Cl)cc(C(=O)NCc2ccc(N)cc2OCC(=O)NCc2ccccn2)c1. The van der Waals surface area contributed by atoms with Crippen LogP contribution in [-0.4, -0.2) is 38.1 Å². The van der Waals surface area contributed by atoms with Gasteiger partial charge in [-0.3, -0.25) is 18.9 Å². The highest BCUT2D eigenvalue weighted by Crippen LogP contribution is 2.27. The lowest BCUT2D eigenvalue weighted by molar-refractivity contribution is -0.123. The monoisotopic (exact) mass is 607 g/mol. The van der Waals surface area contributed by atoms with Crippen molar-refractivity contribution in [1.82, 2.24) is 15.6 Å². The third kappa shape index (κ3) is 8.69. The number of nitrogens with zero attached hydrogens (tertiary/aromatic N) is 2. The van der Waals surface area contributed by atoms with E-state index in [1.165, 1.54) is 22.5 Å². The molecule has 0 fully saturated rings. The zero-order valence-corrected chi connectivity index (χ0v) is 24.4. The summed E-state index contributed by atoms with van der Waals surface area (Å²) < 4.78 is 32.2. The number of pyridine rings is 1. The van der Waals surface area contributed by atoms with Crippen molar-refractivity contribution < 1.29 is 22.7 Å². The molecule has 1 heterocycles. The third-order valence-corrected chi connectivity index (χ3v) is 7.44. The maximum absolute atomic E-state index is 13.1. The second kappa shape index (κ2) is 13.8. The van der Waals surface area contributed by atoms with E-state index in [1.54, 1.807) is 36.5 Å². The first-order valence-corrected chi connectivity index (χ1v) is 15.1. The molecule has 4 rings (SSSR count). The van der Waals surface area contributed by atoms with Crippen LogP contribution in [0.3, 0.4) is 0 Å². The minimum Gasteiger partial charge on any atom is -0.483 e. The molecule has 0 aliphatic carbocycles. The number of amides is 2. The van der Waals surface area contributed by atoms with Gasteiger partial charge < -0.3 is 21.1 Å². The zero-order chi connectivity index (χ0) is 30.1. The van der Waals surface area contributed by atoms with Crippen LogP contribution in [0.25, 0.3) is 0 Å². The third-order valence-electron chi connectivity index (χ3n) is 6.08. The molecule has 218 valence electrons. The van der Waals surface area contributed by atoms with Gasteiger partial charge >= 0.3 is 0 Å². The van der Waals surface area contributed by atoms with Crippen LogP contribution in [-0.2, 0) is 34.5 Å². The molecule has 0 aliphatic rings. The first-order valence-electron chi connectivity index (χ1n) is 12.9. The summed E-state index contributed by atoms with van der Waals surface area (Å²) in [5.74, 6) is -0.501. The van der Waals surface area contributed by atoms with E-state index in [0.29, 0.717) is 22.7 Å². The van der Waals surface area contributed by atoms with Gasteiger partial charge in [0.2, 0.25) is 10.0 Å². The first-order chi connectivity index (χ1) is 20.1. The van der Waals surface area contributed by atoms with Crippen molar-refractivity contribution >= 4 is 44.8 Å². The molecule has 0 saturated heterocycles. The Morgan fingerprint density at radius 1 is 0.952 bits per heavy atom. The summed E-state index contributed by atoms with van der Waals surface area (Å²) in [6.45, 7) is 0.110. The van der Waals surface area contributed by atoms with E-state index in [4.69, 9.17) is 22.1 Å². The largest absolute Gasteiger partial charge is 0.483 e. The van der Waals surface area contributed by atoms with Gasteiger partial charge in [0.1, 0.15) is 5.75 Å². The fraction of sp³-hybridized carbons (Fsp3) is 0.167. The van der Waals surface area contributed by atoms with E-state index >= 15 is 0 Å². The number of sulfonamides is 1. The summed E-state index contributed by atoms with van der Waals surface area (Å²) in [4.78, 5) is 29.6. The fourth-order valence-corrected chi connectivity index (χ4v) is 5.12. The predicted octanol–water partition coefficient (Wildman–Crippen LogP) is 3.91. The molecule has 0 atom stereocenters. The molecule has 4 N–H and O–H groups in total. The van der Waals surface area contributed by atoms with Gasteiger partial charge in [-0.05, 0) is 42.0 Å². The molecule has 1 aromatic heterocycles. The van der Waals surface area contributed by atoms with E-state index in [9.17, 15) is 18.0 Å². The first kappa shape index (κ1) is 30.4. The highest BCUT2D eigenvalue weighted by atomic mass is 35.5. The van der Waals surface area contributed by atoms with Gasteiger partial charge in [0.05, 0.1) is 30.7 Å². The van der Waals surface area contributed by atoms with E-state index < -0.39 is 15.9 Å². The summed E-state index contributed by atoms with van der Waals surface area (Å²) >= 11 is 6.31. The Morgan fingerprint density at radius 2 is 1.71 bits per heavy atom. The lowest BCUT2D eigenvalue weighted by Crippen LogP contribution is -2.30. The molecular weight excluding hydrogens is 578 g/mol. The van der Waals surface area contributed by atoms with Crippen LogP contribution in [0.15, 0.2) is 91.1 Å².